The van der Waals surface area contributed by atoms with Gasteiger partial charge >= 0.3 is 0 Å². The first-order valence-electron chi connectivity index (χ1n) is 10.1. The van der Waals surface area contributed by atoms with Crippen molar-refractivity contribution in [2.75, 3.05) is 13.2 Å². The molecule has 0 unspecified atom stereocenters. The zero-order valence-corrected chi connectivity index (χ0v) is 16.4. The van der Waals surface area contributed by atoms with Gasteiger partial charge in [0, 0.05) is 26.4 Å². The summed E-state index contributed by atoms with van der Waals surface area (Å²) in [7, 11) is 2.08. The summed E-state index contributed by atoms with van der Waals surface area (Å²) in [5.74, 6) is 2.14. The van der Waals surface area contributed by atoms with Crippen molar-refractivity contribution in [1.82, 2.24) is 14.9 Å². The maximum atomic E-state index is 12.1. The fraction of sp³-hybridized carbons (Fsp3) is 0.391. The zero-order chi connectivity index (χ0) is 19.3. The molecule has 0 saturated heterocycles. The minimum atomic E-state index is 0.0771. The number of aromatic nitrogens is 2. The summed E-state index contributed by atoms with van der Waals surface area (Å²) in [6, 6.07) is 14.3. The summed E-state index contributed by atoms with van der Waals surface area (Å²) in [6.07, 6.45) is 5.50. The number of unbranched alkanes of at least 4 members (excludes halogenated alkanes) is 2. The van der Waals surface area contributed by atoms with Gasteiger partial charge in [-0.1, -0.05) is 30.7 Å². The fourth-order valence-electron chi connectivity index (χ4n) is 3.80. The summed E-state index contributed by atoms with van der Waals surface area (Å²) < 4.78 is 7.75. The van der Waals surface area contributed by atoms with E-state index in [0.29, 0.717) is 6.42 Å². The lowest BCUT2D eigenvalue weighted by molar-refractivity contribution is -0.120. The Hall–Kier alpha value is -2.82. The molecule has 0 atom stereocenters. The largest absolute Gasteiger partial charge is 0.493 e. The van der Waals surface area contributed by atoms with Gasteiger partial charge in [0.2, 0.25) is 5.91 Å². The lowest BCUT2D eigenvalue weighted by Gasteiger charge is -2.07. The van der Waals surface area contributed by atoms with Crippen molar-refractivity contribution < 1.29 is 9.53 Å². The fourth-order valence-corrected chi connectivity index (χ4v) is 3.80. The number of hydrogen-bond acceptors (Lipinski definition) is 3. The average Bonchev–Trinajstić information content (AvgIpc) is 3.29. The molecule has 0 fully saturated rings. The van der Waals surface area contributed by atoms with Crippen LogP contribution in [-0.2, 0) is 31.1 Å². The maximum absolute atomic E-state index is 12.1. The third-order valence-electron chi connectivity index (χ3n) is 5.40. The number of fused-ring (bicyclic) bond motifs is 2. The van der Waals surface area contributed by atoms with Crippen molar-refractivity contribution in [3.05, 3.63) is 59.4 Å². The number of aryl methyl sites for hydroxylation is 2. The first kappa shape index (κ1) is 18.5. The van der Waals surface area contributed by atoms with Gasteiger partial charge in [-0.05, 0) is 42.2 Å². The number of para-hydroxylation sites is 2. The number of hydrogen-bond donors (Lipinski definition) is 1. The number of rotatable bonds is 8. The average molecular weight is 377 g/mol. The van der Waals surface area contributed by atoms with Crippen LogP contribution in [0.2, 0.25) is 0 Å². The zero-order valence-electron chi connectivity index (χ0n) is 16.4. The summed E-state index contributed by atoms with van der Waals surface area (Å²) in [6.45, 7) is 1.47. The molecular weight excluding hydrogens is 350 g/mol. The molecule has 0 spiro atoms. The van der Waals surface area contributed by atoms with Gasteiger partial charge in [-0.2, -0.15) is 0 Å². The van der Waals surface area contributed by atoms with Crippen molar-refractivity contribution in [2.24, 2.45) is 7.05 Å². The molecule has 0 radical (unpaired) electrons. The van der Waals surface area contributed by atoms with E-state index in [1.807, 2.05) is 24.3 Å². The van der Waals surface area contributed by atoms with Crippen LogP contribution in [0.1, 0.15) is 36.2 Å². The number of carbonyl (C=O) groups excluding carboxylic acids is 1. The molecular formula is C23H27N3O2. The maximum Gasteiger partial charge on any atom is 0.224 e. The first-order chi connectivity index (χ1) is 13.7. The van der Waals surface area contributed by atoms with Crippen LogP contribution in [0, 0.1) is 0 Å². The van der Waals surface area contributed by atoms with Crippen LogP contribution in [0.5, 0.6) is 5.75 Å². The van der Waals surface area contributed by atoms with Gasteiger partial charge in [0.1, 0.15) is 11.6 Å². The Labute approximate surface area is 165 Å². The SMILES string of the molecule is Cn1c(CCCCCNC(=O)Cc2ccc3c(c2)OCC3)nc2ccccc21. The number of ether oxygens (including phenoxy) is 1. The topological polar surface area (TPSA) is 56.2 Å². The second kappa shape index (κ2) is 8.46. The molecule has 5 nitrogen and oxygen atoms in total. The van der Waals surface area contributed by atoms with Crippen molar-refractivity contribution in [2.45, 2.75) is 38.5 Å². The van der Waals surface area contributed by atoms with Crippen molar-refractivity contribution >= 4 is 16.9 Å². The molecule has 5 heteroatoms. The lowest BCUT2D eigenvalue weighted by atomic mass is 10.1. The molecule has 1 aliphatic heterocycles. The van der Waals surface area contributed by atoms with Crippen molar-refractivity contribution in [1.29, 1.82) is 0 Å². The lowest BCUT2D eigenvalue weighted by Crippen LogP contribution is -2.26. The summed E-state index contributed by atoms with van der Waals surface area (Å²) in [5, 5.41) is 3.03. The minimum absolute atomic E-state index is 0.0771. The number of nitrogens with zero attached hydrogens (tertiary/aromatic N) is 2. The van der Waals surface area contributed by atoms with Crippen LogP contribution in [0.15, 0.2) is 42.5 Å². The highest BCUT2D eigenvalue weighted by molar-refractivity contribution is 5.78. The Balaban J connectivity index is 1.15. The number of amides is 1. The molecule has 0 saturated carbocycles. The highest BCUT2D eigenvalue weighted by Crippen LogP contribution is 2.26. The number of nitrogens with one attached hydrogen (secondary N) is 1. The van der Waals surface area contributed by atoms with Crippen LogP contribution in [0.25, 0.3) is 11.0 Å². The van der Waals surface area contributed by atoms with Crippen molar-refractivity contribution in [3.63, 3.8) is 0 Å². The first-order valence-corrected chi connectivity index (χ1v) is 10.1. The molecule has 3 aromatic rings. The molecule has 2 heterocycles. The summed E-state index contributed by atoms with van der Waals surface area (Å²) in [5.41, 5.74) is 4.50. The Morgan fingerprint density at radius 1 is 1.18 bits per heavy atom. The van der Waals surface area contributed by atoms with Gasteiger partial charge in [0.05, 0.1) is 24.1 Å². The van der Waals surface area contributed by atoms with E-state index in [0.717, 1.165) is 67.9 Å². The molecule has 0 bridgehead atoms. The molecule has 1 aliphatic rings. The summed E-state index contributed by atoms with van der Waals surface area (Å²) >= 11 is 0. The van der Waals surface area contributed by atoms with E-state index in [-0.39, 0.29) is 5.91 Å². The highest BCUT2D eigenvalue weighted by Gasteiger charge is 2.13. The minimum Gasteiger partial charge on any atom is -0.493 e. The second-order valence-electron chi connectivity index (χ2n) is 7.45. The number of imidazole rings is 1. The molecule has 1 N–H and O–H groups in total. The van der Waals surface area contributed by atoms with Gasteiger partial charge in [0.25, 0.3) is 0 Å². The van der Waals surface area contributed by atoms with E-state index >= 15 is 0 Å². The highest BCUT2D eigenvalue weighted by atomic mass is 16.5. The van der Waals surface area contributed by atoms with Crippen LogP contribution in [0.4, 0.5) is 0 Å². The van der Waals surface area contributed by atoms with Crippen LogP contribution >= 0.6 is 0 Å². The number of benzene rings is 2. The van der Waals surface area contributed by atoms with Gasteiger partial charge in [-0.3, -0.25) is 4.79 Å². The van der Waals surface area contributed by atoms with Gasteiger partial charge in [-0.25, -0.2) is 4.98 Å². The molecule has 4 rings (SSSR count). The van der Waals surface area contributed by atoms with E-state index in [9.17, 15) is 4.79 Å². The third-order valence-corrected chi connectivity index (χ3v) is 5.40. The molecule has 1 amide bonds. The van der Waals surface area contributed by atoms with Crippen LogP contribution in [0.3, 0.4) is 0 Å². The monoisotopic (exact) mass is 377 g/mol. The van der Waals surface area contributed by atoms with E-state index < -0.39 is 0 Å². The summed E-state index contributed by atoms with van der Waals surface area (Å²) in [4.78, 5) is 16.9. The Morgan fingerprint density at radius 2 is 2.07 bits per heavy atom. The quantitative estimate of drug-likeness (QED) is 0.611. The molecule has 0 aliphatic carbocycles. The van der Waals surface area contributed by atoms with E-state index in [2.05, 4.69) is 35.1 Å². The molecule has 2 aromatic carbocycles. The number of carbonyl (C=O) groups is 1. The Kier molecular flexibility index (Phi) is 5.60. The van der Waals surface area contributed by atoms with Crippen LogP contribution in [-0.4, -0.2) is 28.6 Å². The smallest absolute Gasteiger partial charge is 0.224 e. The molecule has 1 aromatic heterocycles. The van der Waals surface area contributed by atoms with Gasteiger partial charge in [0.15, 0.2) is 0 Å². The Morgan fingerprint density at radius 3 is 2.96 bits per heavy atom. The van der Waals surface area contributed by atoms with E-state index in [4.69, 9.17) is 9.72 Å². The normalized spacial score (nSPS) is 12.8. The van der Waals surface area contributed by atoms with E-state index in [1.165, 1.54) is 11.1 Å². The third kappa shape index (κ3) is 4.19. The van der Waals surface area contributed by atoms with Gasteiger partial charge in [-0.15, -0.1) is 0 Å². The molecule has 146 valence electrons. The van der Waals surface area contributed by atoms with Crippen molar-refractivity contribution in [3.8, 4) is 5.75 Å². The van der Waals surface area contributed by atoms with Crippen LogP contribution < -0.4 is 10.1 Å². The predicted molar refractivity (Wildman–Crippen MR) is 111 cm³/mol. The van der Waals surface area contributed by atoms with E-state index in [1.54, 1.807) is 0 Å². The predicted octanol–water partition coefficient (Wildman–Crippen LogP) is 3.58. The second-order valence-corrected chi connectivity index (χ2v) is 7.45. The Bertz CT molecular complexity index is 977. The van der Waals surface area contributed by atoms with Gasteiger partial charge < -0.3 is 14.6 Å². The standard InChI is InChI=1S/C23H27N3O2/c1-26-20-8-5-4-7-19(20)25-22(26)9-3-2-6-13-24-23(27)16-17-10-11-18-12-14-28-21(18)15-17/h4-5,7-8,10-11,15H,2-3,6,9,12-14,16H2,1H3,(H,24,27). The molecule has 28 heavy (non-hydrogen) atoms.